The van der Waals surface area contributed by atoms with Gasteiger partial charge >= 0.3 is 5.97 Å². The maximum atomic E-state index is 12.8. The molecule has 0 radical (unpaired) electrons. The fourth-order valence-corrected chi connectivity index (χ4v) is 9.49. The maximum absolute atomic E-state index is 12.8. The Morgan fingerprint density at radius 2 is 0.753 bits per heavy atom. The van der Waals surface area contributed by atoms with Crippen LogP contribution < -0.4 is 4.89 Å². The zero-order chi connectivity index (χ0) is 53.3. The number of ether oxygens (including phenoxy) is 2. The smallest absolute Gasteiger partial charge is 0.306 e. The van der Waals surface area contributed by atoms with Gasteiger partial charge in [-0.3, -0.25) is 9.36 Å². The summed E-state index contributed by atoms with van der Waals surface area (Å²) >= 11 is 0. The molecule has 0 rings (SSSR count). The van der Waals surface area contributed by atoms with Gasteiger partial charge in [0.05, 0.1) is 34.4 Å². The molecule has 0 saturated carbocycles. The summed E-state index contributed by atoms with van der Waals surface area (Å²) in [6.45, 7) is 5.42. The van der Waals surface area contributed by atoms with Gasteiger partial charge in [0.15, 0.2) is 0 Å². The number of likely N-dealkylation sites (N-methyl/N-ethyl adjacent to an activating group) is 1. The Labute approximate surface area is 453 Å². The van der Waals surface area contributed by atoms with Crippen LogP contribution in [0.1, 0.15) is 284 Å². The van der Waals surface area contributed by atoms with Crippen molar-refractivity contribution in [3.8, 4) is 0 Å². The minimum Gasteiger partial charge on any atom is -0.756 e. The lowest BCUT2D eigenvalue weighted by atomic mass is 10.0. The van der Waals surface area contributed by atoms with E-state index in [4.69, 9.17) is 18.5 Å². The van der Waals surface area contributed by atoms with Crippen molar-refractivity contribution in [1.82, 2.24) is 0 Å². The van der Waals surface area contributed by atoms with Crippen LogP contribution in [0, 0.1) is 0 Å². The van der Waals surface area contributed by atoms with E-state index in [-0.39, 0.29) is 25.8 Å². The Morgan fingerprint density at radius 3 is 1.12 bits per heavy atom. The van der Waals surface area contributed by atoms with Crippen molar-refractivity contribution in [2.45, 2.75) is 290 Å². The molecule has 0 N–H and O–H groups in total. The Hall–Kier alpha value is -1.80. The Morgan fingerprint density at radius 1 is 0.425 bits per heavy atom. The van der Waals surface area contributed by atoms with E-state index in [1.165, 1.54) is 212 Å². The molecule has 2 atom stereocenters. The summed E-state index contributed by atoms with van der Waals surface area (Å²) in [5.74, 6) is -0.333. The summed E-state index contributed by atoms with van der Waals surface area (Å²) in [6, 6.07) is 0. The van der Waals surface area contributed by atoms with Gasteiger partial charge in [0.25, 0.3) is 7.82 Å². The quantitative estimate of drug-likeness (QED) is 0.0197. The molecule has 0 aliphatic heterocycles. The van der Waals surface area contributed by atoms with E-state index in [2.05, 4.69) is 74.6 Å². The van der Waals surface area contributed by atoms with E-state index in [1.54, 1.807) is 0 Å². The minimum absolute atomic E-state index is 0.0244. The summed E-state index contributed by atoms with van der Waals surface area (Å²) in [6.07, 6.45) is 74.1. The summed E-state index contributed by atoms with van der Waals surface area (Å²) in [7, 11) is 1.36. The maximum Gasteiger partial charge on any atom is 0.306 e. The van der Waals surface area contributed by atoms with Crippen molar-refractivity contribution in [1.29, 1.82) is 0 Å². The van der Waals surface area contributed by atoms with Crippen LogP contribution in [0.2, 0.25) is 0 Å². The van der Waals surface area contributed by atoms with Crippen LogP contribution in [0.25, 0.3) is 0 Å². The lowest BCUT2D eigenvalue weighted by molar-refractivity contribution is -0.870. The molecule has 0 aromatic carbocycles. The van der Waals surface area contributed by atoms with E-state index < -0.39 is 13.9 Å². The van der Waals surface area contributed by atoms with Crippen LogP contribution in [0.15, 0.2) is 60.8 Å². The fraction of sp³-hybridized carbons (Fsp3) is 0.828. The minimum atomic E-state index is -4.54. The van der Waals surface area contributed by atoms with Gasteiger partial charge in [0.2, 0.25) is 0 Å². The molecular weight excluding hydrogens is 926 g/mol. The molecule has 0 aromatic heterocycles. The molecule has 2 unspecified atom stereocenters. The third-order valence-electron chi connectivity index (χ3n) is 13.5. The third kappa shape index (κ3) is 60.9. The summed E-state index contributed by atoms with van der Waals surface area (Å²) < 4.78 is 34.9. The highest BCUT2D eigenvalue weighted by Gasteiger charge is 2.20. The van der Waals surface area contributed by atoms with Crippen molar-refractivity contribution in [2.75, 3.05) is 54.1 Å². The molecule has 0 amide bonds. The van der Waals surface area contributed by atoms with Crippen LogP contribution in [0.4, 0.5) is 0 Å². The normalized spacial score (nSPS) is 13.8. The highest BCUT2D eigenvalue weighted by Crippen LogP contribution is 2.38. The second kappa shape index (κ2) is 56.4. The highest BCUT2D eigenvalue weighted by molar-refractivity contribution is 7.45. The Balaban J connectivity index is 4.04. The van der Waals surface area contributed by atoms with Gasteiger partial charge in [-0.15, -0.1) is 0 Å². The molecule has 0 aromatic rings. The number of unbranched alkanes of at least 4 members (excludes halogenated alkanes) is 34. The van der Waals surface area contributed by atoms with Crippen molar-refractivity contribution in [3.63, 3.8) is 0 Å². The summed E-state index contributed by atoms with van der Waals surface area (Å²) in [5, 5.41) is 0. The molecule has 73 heavy (non-hydrogen) atoms. The second-order valence-corrected chi connectivity index (χ2v) is 23.5. The largest absolute Gasteiger partial charge is 0.756 e. The molecule has 9 heteroatoms. The number of hydrogen-bond donors (Lipinski definition) is 0. The van der Waals surface area contributed by atoms with Gasteiger partial charge in [-0.05, 0) is 83.5 Å². The Kier molecular flexibility index (Phi) is 55.0. The first kappa shape index (κ1) is 71.2. The number of esters is 1. The number of quaternary nitrogens is 1. The van der Waals surface area contributed by atoms with Crippen LogP contribution in [-0.4, -0.2) is 70.7 Å². The van der Waals surface area contributed by atoms with Crippen LogP contribution in [0.5, 0.6) is 0 Å². The van der Waals surface area contributed by atoms with E-state index in [0.29, 0.717) is 24.1 Å². The number of allylic oxidation sites excluding steroid dienone is 10. The Bertz CT molecular complexity index is 1350. The highest BCUT2D eigenvalue weighted by atomic mass is 31.2. The summed E-state index contributed by atoms with van der Waals surface area (Å²) in [5.41, 5.74) is 0. The first-order chi connectivity index (χ1) is 35.6. The van der Waals surface area contributed by atoms with Crippen LogP contribution in [0.3, 0.4) is 0 Å². The van der Waals surface area contributed by atoms with E-state index in [0.717, 1.165) is 51.4 Å². The first-order valence-electron chi connectivity index (χ1n) is 31.0. The molecule has 0 bridgehead atoms. The first-order valence-corrected chi connectivity index (χ1v) is 32.5. The predicted molar refractivity (Wildman–Crippen MR) is 314 cm³/mol. The topological polar surface area (TPSA) is 94.1 Å². The molecule has 0 saturated heterocycles. The van der Waals surface area contributed by atoms with Crippen molar-refractivity contribution >= 4 is 13.8 Å². The molecule has 0 spiro atoms. The zero-order valence-electron chi connectivity index (χ0n) is 48.8. The van der Waals surface area contributed by atoms with Crippen LogP contribution in [-0.2, 0) is 27.9 Å². The summed E-state index contributed by atoms with van der Waals surface area (Å²) in [4.78, 5) is 25.3. The van der Waals surface area contributed by atoms with Crippen molar-refractivity contribution in [2.24, 2.45) is 0 Å². The number of nitrogens with zero attached hydrogens (tertiary/aromatic N) is 1. The van der Waals surface area contributed by atoms with Gasteiger partial charge < -0.3 is 27.9 Å². The molecule has 428 valence electrons. The molecular formula is C64H120NO7P. The monoisotopic (exact) mass is 1050 g/mol. The molecule has 0 fully saturated rings. The fourth-order valence-electron chi connectivity index (χ4n) is 8.76. The number of hydrogen-bond acceptors (Lipinski definition) is 7. The standard InChI is InChI=1S/C64H120NO7P/c1-6-8-10-12-14-16-18-20-22-24-26-28-30-32-34-36-38-40-42-44-46-48-50-52-54-56-59-69-61-63(62-71-73(67,68)70-60-58-65(3,4)5)72-64(66)57-55-53-51-49-47-45-43-41-39-37-35-33-31-29-27-25-23-21-19-17-15-13-11-9-7-2/h18-21,24-27,30,32,63H,6-17,22-23,28-29,31,33-62H2,1-5H3/b20-18-,21-19-,26-24-,27-25-,32-30-. The SMILES string of the molecule is CCCCCCC/C=C\C/C=C\C/C=C\CCCCCCCCCCCCCOCC(COP(=O)([O-])OCC[N+](C)(C)C)OC(=O)CCCCCCCCCCCCCCC/C=C\C/C=C\CCCCCCC. The van der Waals surface area contributed by atoms with Gasteiger partial charge in [-0.1, -0.05) is 254 Å². The second-order valence-electron chi connectivity index (χ2n) is 22.1. The molecule has 0 aliphatic rings. The average molecular weight is 1050 g/mol. The molecule has 8 nitrogen and oxygen atoms in total. The van der Waals surface area contributed by atoms with E-state index in [1.807, 2.05) is 21.1 Å². The average Bonchev–Trinajstić information content (AvgIpc) is 3.35. The number of carbonyl (C=O) groups is 1. The number of carbonyl (C=O) groups excluding carboxylic acids is 1. The van der Waals surface area contributed by atoms with Gasteiger partial charge in [-0.25, -0.2) is 0 Å². The predicted octanol–water partition coefficient (Wildman–Crippen LogP) is 19.3. The van der Waals surface area contributed by atoms with E-state index >= 15 is 0 Å². The zero-order valence-corrected chi connectivity index (χ0v) is 49.7. The molecule has 0 aliphatic carbocycles. The van der Waals surface area contributed by atoms with Crippen molar-refractivity contribution in [3.05, 3.63) is 60.8 Å². The number of phosphoric acid groups is 1. The van der Waals surface area contributed by atoms with Crippen LogP contribution >= 0.6 is 7.82 Å². The van der Waals surface area contributed by atoms with Gasteiger partial charge in [-0.2, -0.15) is 0 Å². The van der Waals surface area contributed by atoms with Gasteiger partial charge in [0.1, 0.15) is 19.3 Å². The van der Waals surface area contributed by atoms with Gasteiger partial charge in [0, 0.05) is 13.0 Å². The van der Waals surface area contributed by atoms with E-state index in [9.17, 15) is 14.3 Å². The third-order valence-corrected chi connectivity index (χ3v) is 14.5. The lowest BCUT2D eigenvalue weighted by Crippen LogP contribution is -2.37. The number of rotatable bonds is 58. The van der Waals surface area contributed by atoms with Crippen molar-refractivity contribution < 1.29 is 37.3 Å². The number of phosphoric ester groups is 1. The lowest BCUT2D eigenvalue weighted by Gasteiger charge is -2.28. The molecule has 0 heterocycles.